The van der Waals surface area contributed by atoms with E-state index in [2.05, 4.69) is 5.32 Å². The van der Waals surface area contributed by atoms with Crippen molar-refractivity contribution >= 4 is 17.6 Å². The van der Waals surface area contributed by atoms with E-state index >= 15 is 0 Å². The monoisotopic (exact) mass is 419 g/mol. The second-order valence-electron chi connectivity index (χ2n) is 7.45. The van der Waals surface area contributed by atoms with Crippen molar-refractivity contribution in [1.82, 2.24) is 5.32 Å². The van der Waals surface area contributed by atoms with Gasteiger partial charge in [-0.2, -0.15) is 0 Å². The predicted octanol–water partition coefficient (Wildman–Crippen LogP) is 5.22. The Bertz CT molecular complexity index is 823. The Kier molecular flexibility index (Phi) is 8.80. The number of hydrogen-bond donors (Lipinski definition) is 2. The zero-order valence-corrected chi connectivity index (χ0v) is 18.3. The molecule has 2 N–H and O–H groups in total. The summed E-state index contributed by atoms with van der Waals surface area (Å²) in [6.07, 6.45) is 0.555. The summed E-state index contributed by atoms with van der Waals surface area (Å²) in [5, 5.41) is 12.9. The highest BCUT2D eigenvalue weighted by Gasteiger charge is 2.19. The number of rotatable bonds is 11. The average Bonchev–Trinajstić information content (AvgIpc) is 2.65. The standard InChI is InChI=1S/C23H30ClNO4/c1-5-28-21-12-17(13-25-20(23(26)27)10-15(2)3)11-19(24)22(21)29-14-18-9-7-6-8-16(18)4/h6-9,11-12,15,20,25H,5,10,13-14H2,1-4H3,(H,26,27). The van der Waals surface area contributed by atoms with Crippen LogP contribution in [-0.2, 0) is 17.9 Å². The highest BCUT2D eigenvalue weighted by molar-refractivity contribution is 6.32. The Morgan fingerprint density at radius 3 is 2.55 bits per heavy atom. The minimum atomic E-state index is -0.854. The molecule has 0 saturated heterocycles. The Labute approximate surface area is 178 Å². The lowest BCUT2D eigenvalue weighted by Gasteiger charge is -2.19. The fraction of sp³-hybridized carbons (Fsp3) is 0.435. The first kappa shape index (κ1) is 23.0. The maximum atomic E-state index is 11.5. The summed E-state index contributed by atoms with van der Waals surface area (Å²) in [5.41, 5.74) is 3.07. The van der Waals surface area contributed by atoms with Gasteiger partial charge in [-0.15, -0.1) is 0 Å². The van der Waals surface area contributed by atoms with Crippen LogP contribution in [0.25, 0.3) is 0 Å². The molecule has 29 heavy (non-hydrogen) atoms. The molecular formula is C23H30ClNO4. The van der Waals surface area contributed by atoms with E-state index in [1.165, 1.54) is 0 Å². The van der Waals surface area contributed by atoms with Crippen LogP contribution in [0, 0.1) is 12.8 Å². The molecule has 1 atom stereocenters. The van der Waals surface area contributed by atoms with Crippen LogP contribution in [0.3, 0.4) is 0 Å². The van der Waals surface area contributed by atoms with Gasteiger partial charge in [0.2, 0.25) is 0 Å². The van der Waals surface area contributed by atoms with Gasteiger partial charge in [0.25, 0.3) is 0 Å². The van der Waals surface area contributed by atoms with Gasteiger partial charge >= 0.3 is 5.97 Å². The van der Waals surface area contributed by atoms with Crippen LogP contribution < -0.4 is 14.8 Å². The lowest BCUT2D eigenvalue weighted by molar-refractivity contribution is -0.140. The number of aliphatic carboxylic acids is 1. The predicted molar refractivity (Wildman–Crippen MR) is 116 cm³/mol. The van der Waals surface area contributed by atoms with Crippen LogP contribution in [0.15, 0.2) is 36.4 Å². The number of hydrogen-bond acceptors (Lipinski definition) is 4. The zero-order chi connectivity index (χ0) is 21.4. The Balaban J connectivity index is 2.16. The highest BCUT2D eigenvalue weighted by atomic mass is 35.5. The highest BCUT2D eigenvalue weighted by Crippen LogP contribution is 2.37. The van der Waals surface area contributed by atoms with E-state index in [1.54, 1.807) is 6.07 Å². The van der Waals surface area contributed by atoms with Crippen LogP contribution in [0.4, 0.5) is 0 Å². The second-order valence-corrected chi connectivity index (χ2v) is 7.86. The van der Waals surface area contributed by atoms with Gasteiger partial charge in [-0.05, 0) is 55.0 Å². The molecule has 0 aliphatic carbocycles. The number of carboxylic acids is 1. The van der Waals surface area contributed by atoms with Crippen LogP contribution >= 0.6 is 11.6 Å². The third kappa shape index (κ3) is 6.94. The van der Waals surface area contributed by atoms with Crippen molar-refractivity contribution in [1.29, 1.82) is 0 Å². The number of carboxylic acid groups (broad SMARTS) is 1. The summed E-state index contributed by atoms with van der Waals surface area (Å²) in [5.74, 6) is 0.481. The van der Waals surface area contributed by atoms with E-state index in [0.717, 1.165) is 16.7 Å². The number of aryl methyl sites for hydroxylation is 1. The average molecular weight is 420 g/mol. The van der Waals surface area contributed by atoms with E-state index in [9.17, 15) is 9.90 Å². The van der Waals surface area contributed by atoms with Crippen molar-refractivity contribution in [3.8, 4) is 11.5 Å². The van der Waals surface area contributed by atoms with Crippen molar-refractivity contribution in [3.05, 3.63) is 58.1 Å². The van der Waals surface area contributed by atoms with Gasteiger partial charge in [-0.1, -0.05) is 49.7 Å². The first-order valence-electron chi connectivity index (χ1n) is 9.90. The molecule has 5 nitrogen and oxygen atoms in total. The third-order valence-corrected chi connectivity index (χ3v) is 4.84. The van der Waals surface area contributed by atoms with E-state index in [4.69, 9.17) is 21.1 Å². The lowest BCUT2D eigenvalue weighted by Crippen LogP contribution is -2.37. The number of nitrogens with one attached hydrogen (secondary N) is 1. The van der Waals surface area contributed by atoms with Gasteiger partial charge in [0.15, 0.2) is 11.5 Å². The van der Waals surface area contributed by atoms with E-state index in [1.807, 2.05) is 58.0 Å². The Morgan fingerprint density at radius 2 is 1.93 bits per heavy atom. The van der Waals surface area contributed by atoms with E-state index in [0.29, 0.717) is 42.7 Å². The normalized spacial score (nSPS) is 12.1. The Morgan fingerprint density at radius 1 is 1.21 bits per heavy atom. The topological polar surface area (TPSA) is 67.8 Å². The van der Waals surface area contributed by atoms with Crippen molar-refractivity contribution in [2.75, 3.05) is 6.61 Å². The number of carbonyl (C=O) groups is 1. The van der Waals surface area contributed by atoms with Crippen LogP contribution in [0.1, 0.15) is 43.9 Å². The van der Waals surface area contributed by atoms with Gasteiger partial charge in [0.05, 0.1) is 11.6 Å². The van der Waals surface area contributed by atoms with Gasteiger partial charge in [-0.3, -0.25) is 4.79 Å². The van der Waals surface area contributed by atoms with Crippen molar-refractivity contribution in [2.24, 2.45) is 5.92 Å². The maximum absolute atomic E-state index is 11.5. The van der Waals surface area contributed by atoms with Gasteiger partial charge in [0.1, 0.15) is 12.6 Å². The first-order chi connectivity index (χ1) is 13.8. The summed E-state index contributed by atoms with van der Waals surface area (Å²) >= 11 is 6.49. The molecule has 158 valence electrons. The second kappa shape index (κ2) is 11.1. The molecule has 0 aliphatic rings. The molecular weight excluding hydrogens is 390 g/mol. The van der Waals surface area contributed by atoms with Crippen molar-refractivity contribution in [2.45, 2.75) is 53.3 Å². The minimum absolute atomic E-state index is 0.281. The number of ether oxygens (including phenoxy) is 2. The maximum Gasteiger partial charge on any atom is 0.320 e. The number of benzene rings is 2. The lowest BCUT2D eigenvalue weighted by atomic mass is 10.0. The van der Waals surface area contributed by atoms with Crippen LogP contribution in [0.2, 0.25) is 5.02 Å². The molecule has 0 amide bonds. The molecule has 0 fully saturated rings. The van der Waals surface area contributed by atoms with Crippen LogP contribution in [0.5, 0.6) is 11.5 Å². The summed E-state index contributed by atoms with van der Waals surface area (Å²) < 4.78 is 11.7. The molecule has 0 saturated carbocycles. The summed E-state index contributed by atoms with van der Waals surface area (Å²) in [6.45, 7) is 9.17. The minimum Gasteiger partial charge on any atom is -0.490 e. The quantitative estimate of drug-likeness (QED) is 0.523. The largest absolute Gasteiger partial charge is 0.490 e. The van der Waals surface area contributed by atoms with E-state index < -0.39 is 12.0 Å². The SMILES string of the molecule is CCOc1cc(CNC(CC(C)C)C(=O)O)cc(Cl)c1OCc1ccccc1C. The Hall–Kier alpha value is -2.24. The van der Waals surface area contributed by atoms with Crippen LogP contribution in [-0.4, -0.2) is 23.7 Å². The molecule has 2 aromatic carbocycles. The van der Waals surface area contributed by atoms with Gasteiger partial charge < -0.3 is 19.9 Å². The molecule has 0 spiro atoms. The molecule has 2 rings (SSSR count). The summed E-state index contributed by atoms with van der Waals surface area (Å²) in [6, 6.07) is 11.0. The molecule has 1 unspecified atom stereocenters. The summed E-state index contributed by atoms with van der Waals surface area (Å²) in [4.78, 5) is 11.5. The fourth-order valence-electron chi connectivity index (χ4n) is 3.03. The molecule has 0 heterocycles. The summed E-state index contributed by atoms with van der Waals surface area (Å²) in [7, 11) is 0. The molecule has 0 aliphatic heterocycles. The molecule has 0 aromatic heterocycles. The molecule has 0 radical (unpaired) electrons. The first-order valence-corrected chi connectivity index (χ1v) is 10.3. The smallest absolute Gasteiger partial charge is 0.320 e. The molecule has 2 aromatic rings. The van der Waals surface area contributed by atoms with Crippen molar-refractivity contribution in [3.63, 3.8) is 0 Å². The fourth-order valence-corrected chi connectivity index (χ4v) is 3.32. The molecule has 0 bridgehead atoms. The third-order valence-electron chi connectivity index (χ3n) is 4.56. The van der Waals surface area contributed by atoms with Gasteiger partial charge in [0, 0.05) is 6.54 Å². The van der Waals surface area contributed by atoms with Crippen molar-refractivity contribution < 1.29 is 19.4 Å². The zero-order valence-electron chi connectivity index (χ0n) is 17.5. The number of halogens is 1. The molecule has 6 heteroatoms. The van der Waals surface area contributed by atoms with Gasteiger partial charge in [-0.25, -0.2) is 0 Å². The van der Waals surface area contributed by atoms with E-state index in [-0.39, 0.29) is 5.92 Å².